The molecule has 2 aliphatic rings. The van der Waals surface area contributed by atoms with Crippen molar-refractivity contribution in [1.29, 1.82) is 0 Å². The summed E-state index contributed by atoms with van der Waals surface area (Å²) >= 11 is 0. The first kappa shape index (κ1) is 33.3. The Labute approximate surface area is 277 Å². The van der Waals surface area contributed by atoms with Crippen LogP contribution in [-0.2, 0) is 13.0 Å². The number of aryl methyl sites for hydroxylation is 2. The van der Waals surface area contributed by atoms with Gasteiger partial charge in [-0.15, -0.1) is 0 Å². The zero-order valence-electron chi connectivity index (χ0n) is 27.9. The molecule has 1 aliphatic carbocycles. The van der Waals surface area contributed by atoms with E-state index in [9.17, 15) is 19.2 Å². The molecule has 1 aliphatic heterocycles. The summed E-state index contributed by atoms with van der Waals surface area (Å²) in [6.45, 7) is 9.71. The molecule has 2 aromatic heterocycles. The van der Waals surface area contributed by atoms with E-state index in [1.807, 2.05) is 32.0 Å². The molecule has 1 unspecified atom stereocenters. The first-order valence-corrected chi connectivity index (χ1v) is 16.7. The smallest absolute Gasteiger partial charge is 0.329 e. The number of carbonyl (C=O) groups is 1. The van der Waals surface area contributed by atoms with Crippen molar-refractivity contribution in [2.24, 2.45) is 0 Å². The summed E-state index contributed by atoms with van der Waals surface area (Å²) < 4.78 is 34.5. The molecule has 10 nitrogen and oxygen atoms in total. The van der Waals surface area contributed by atoms with Gasteiger partial charge in [-0.2, -0.15) is 0 Å². The summed E-state index contributed by atoms with van der Waals surface area (Å²) in [5, 5.41) is 3.02. The van der Waals surface area contributed by atoms with Crippen molar-refractivity contribution in [1.82, 2.24) is 19.0 Å². The predicted molar refractivity (Wildman–Crippen MR) is 184 cm³/mol. The zero-order valence-corrected chi connectivity index (χ0v) is 27.9. The second kappa shape index (κ2) is 13.5. The average Bonchev–Trinajstić information content (AvgIpc) is 3.88. The third-order valence-electron chi connectivity index (χ3n) is 9.69. The van der Waals surface area contributed by atoms with E-state index in [1.54, 1.807) is 9.47 Å². The van der Waals surface area contributed by atoms with Gasteiger partial charge in [-0.25, -0.2) is 13.6 Å². The minimum atomic E-state index is -0.817. The number of Topliss-reactive ketones (excluding diaryl/α,β-unsaturated/α-hetero) is 1. The van der Waals surface area contributed by atoms with E-state index in [2.05, 4.69) is 22.1 Å². The van der Waals surface area contributed by atoms with Gasteiger partial charge in [0.25, 0.3) is 5.56 Å². The van der Waals surface area contributed by atoms with Crippen LogP contribution in [0.3, 0.4) is 0 Å². The topological polar surface area (TPSA) is 112 Å². The Morgan fingerprint density at radius 2 is 1.79 bits per heavy atom. The van der Waals surface area contributed by atoms with Crippen molar-refractivity contribution < 1.29 is 13.6 Å². The van der Waals surface area contributed by atoms with Crippen molar-refractivity contribution in [3.05, 3.63) is 95.9 Å². The van der Waals surface area contributed by atoms with Crippen LogP contribution in [0.2, 0.25) is 0 Å². The van der Waals surface area contributed by atoms with Crippen LogP contribution in [0, 0.1) is 18.6 Å². The Kier molecular flexibility index (Phi) is 9.37. The van der Waals surface area contributed by atoms with Crippen molar-refractivity contribution in [3.8, 4) is 0 Å². The molecule has 4 aromatic rings. The number of carbonyl (C=O) groups excluding carboxylic acids is 1. The highest BCUT2D eigenvalue weighted by Crippen LogP contribution is 2.40. The first-order valence-electron chi connectivity index (χ1n) is 16.7. The molecule has 254 valence electrons. The molecule has 0 radical (unpaired) electrons. The quantitative estimate of drug-likeness (QED) is 0.167. The number of fused-ring (bicyclic) bond motifs is 1. The minimum Gasteiger partial charge on any atom is -0.364 e. The van der Waals surface area contributed by atoms with Gasteiger partial charge in [-0.1, -0.05) is 13.0 Å². The highest BCUT2D eigenvalue weighted by Gasteiger charge is 2.32. The van der Waals surface area contributed by atoms with Crippen LogP contribution in [0.25, 0.3) is 10.9 Å². The number of benzene rings is 2. The number of aromatic amines is 1. The number of rotatable bonds is 11. The van der Waals surface area contributed by atoms with Gasteiger partial charge >= 0.3 is 5.69 Å². The maximum Gasteiger partial charge on any atom is 0.329 e. The monoisotopic (exact) mass is 660 g/mol. The third-order valence-corrected chi connectivity index (χ3v) is 9.69. The van der Waals surface area contributed by atoms with Gasteiger partial charge in [0.1, 0.15) is 17.3 Å². The number of pyridine rings is 1. The van der Waals surface area contributed by atoms with E-state index in [4.69, 9.17) is 0 Å². The average molecular weight is 661 g/mol. The van der Waals surface area contributed by atoms with E-state index in [1.165, 1.54) is 34.9 Å². The Hall–Kier alpha value is -4.58. The number of nitrogens with one attached hydrogen (secondary N) is 2. The normalized spacial score (nSPS) is 16.9. The Morgan fingerprint density at radius 3 is 2.46 bits per heavy atom. The maximum atomic E-state index is 16.2. The zero-order chi connectivity index (χ0) is 34.3. The molecule has 2 fully saturated rings. The van der Waals surface area contributed by atoms with Crippen molar-refractivity contribution in [2.45, 2.75) is 78.4 Å². The van der Waals surface area contributed by atoms with E-state index < -0.39 is 28.5 Å². The highest BCUT2D eigenvalue weighted by molar-refractivity contribution is 5.98. The second-order valence-electron chi connectivity index (χ2n) is 13.1. The Balaban J connectivity index is 1.08. The summed E-state index contributed by atoms with van der Waals surface area (Å²) in [7, 11) is 0. The van der Waals surface area contributed by atoms with E-state index in [-0.39, 0.29) is 46.3 Å². The minimum absolute atomic E-state index is 0.0227. The van der Waals surface area contributed by atoms with E-state index in [0.29, 0.717) is 38.4 Å². The predicted octanol–water partition coefficient (Wildman–Crippen LogP) is 5.27. The lowest BCUT2D eigenvalue weighted by molar-refractivity contribution is 0.101. The number of ketones is 1. The lowest BCUT2D eigenvalue weighted by atomic mass is 10.1. The van der Waals surface area contributed by atoms with Gasteiger partial charge in [-0.05, 0) is 88.7 Å². The molecule has 2 aromatic carbocycles. The van der Waals surface area contributed by atoms with Crippen LogP contribution in [-0.4, -0.2) is 57.0 Å². The standard InChI is InChI=1S/C36H42F2N6O4/c1-5-24-16-25(9-8-21(24)2)39-30-18-31(46)43(36(48)40-30)13-7-6-12-41-14-15-42(19-22(41)3)34-29(37)17-27-33(32(34)38)44(26-10-11-26)20-28(23(4)45)35(27)47/h8-9,16-18,20,22,26,39H,5-7,10-15,19H2,1-4H3,(H,40,48). The van der Waals surface area contributed by atoms with Crippen LogP contribution < -0.4 is 26.9 Å². The molecule has 12 heteroatoms. The summed E-state index contributed by atoms with van der Waals surface area (Å²) in [5.74, 6) is -1.68. The van der Waals surface area contributed by atoms with E-state index in [0.717, 1.165) is 37.4 Å². The number of H-pyrrole nitrogens is 1. The fourth-order valence-corrected chi connectivity index (χ4v) is 6.81. The summed E-state index contributed by atoms with van der Waals surface area (Å²) in [6, 6.07) is 8.35. The fraction of sp³-hybridized carbons (Fsp3) is 0.444. The number of aromatic nitrogens is 3. The summed E-state index contributed by atoms with van der Waals surface area (Å²) in [5.41, 5.74) is 1.50. The van der Waals surface area contributed by atoms with Crippen LogP contribution in [0.15, 0.2) is 50.9 Å². The van der Waals surface area contributed by atoms with Gasteiger partial charge < -0.3 is 14.8 Å². The molecule has 6 rings (SSSR count). The number of halogens is 2. The number of hydrogen-bond donors (Lipinski definition) is 2. The molecule has 1 saturated carbocycles. The van der Waals surface area contributed by atoms with Crippen LogP contribution >= 0.6 is 0 Å². The number of hydrogen-bond acceptors (Lipinski definition) is 7. The number of piperazine rings is 1. The SMILES string of the molecule is CCc1cc(Nc2cc(=O)n(CCCCN3CCN(c4c(F)cc5c(=O)c(C(C)=O)cn(C6CC6)c5c4F)CC3C)c(=O)[nH]2)ccc1C. The third kappa shape index (κ3) is 6.58. The molecule has 0 amide bonds. The van der Waals surface area contributed by atoms with E-state index >= 15 is 8.78 Å². The van der Waals surface area contributed by atoms with Gasteiger partial charge in [0.05, 0.1) is 16.5 Å². The molecule has 1 atom stereocenters. The van der Waals surface area contributed by atoms with Gasteiger partial charge in [0, 0.05) is 56.2 Å². The number of anilines is 3. The van der Waals surface area contributed by atoms with Crippen molar-refractivity contribution >= 4 is 33.9 Å². The molecule has 0 spiro atoms. The lowest BCUT2D eigenvalue weighted by Crippen LogP contribution is -2.52. The Bertz CT molecular complexity index is 2030. The first-order chi connectivity index (χ1) is 23.0. The number of nitrogens with zero attached hydrogens (tertiary/aromatic N) is 4. The molecule has 1 saturated heterocycles. The van der Waals surface area contributed by atoms with Crippen LogP contribution in [0.1, 0.15) is 74.0 Å². The number of unbranched alkanes of at least 4 members (excludes halogenated alkanes) is 1. The lowest BCUT2D eigenvalue weighted by Gasteiger charge is -2.41. The van der Waals surface area contributed by atoms with Gasteiger partial charge in [-0.3, -0.25) is 28.8 Å². The summed E-state index contributed by atoms with van der Waals surface area (Å²) in [4.78, 5) is 57.4. The molecular weight excluding hydrogens is 618 g/mol. The molecule has 3 heterocycles. The van der Waals surface area contributed by atoms with Gasteiger partial charge in [0.15, 0.2) is 17.0 Å². The van der Waals surface area contributed by atoms with Crippen LogP contribution in [0.4, 0.5) is 26.0 Å². The molecule has 0 bridgehead atoms. The van der Waals surface area contributed by atoms with Crippen molar-refractivity contribution in [2.75, 3.05) is 36.4 Å². The van der Waals surface area contributed by atoms with Gasteiger partial charge in [0.2, 0.25) is 0 Å². The second-order valence-corrected chi connectivity index (χ2v) is 13.1. The highest BCUT2D eigenvalue weighted by atomic mass is 19.1. The Morgan fingerprint density at radius 1 is 1.04 bits per heavy atom. The molecular formula is C36H42F2N6O4. The summed E-state index contributed by atoms with van der Waals surface area (Å²) in [6.07, 6.45) is 5.24. The van der Waals surface area contributed by atoms with Crippen molar-refractivity contribution in [3.63, 3.8) is 0 Å². The molecule has 48 heavy (non-hydrogen) atoms. The molecule has 2 N–H and O–H groups in total. The largest absolute Gasteiger partial charge is 0.364 e. The maximum absolute atomic E-state index is 16.2. The van der Waals surface area contributed by atoms with Crippen LogP contribution in [0.5, 0.6) is 0 Å². The fourth-order valence-electron chi connectivity index (χ4n) is 6.81.